The minimum absolute atomic E-state index is 0. The van der Waals surface area contributed by atoms with E-state index in [1.165, 1.54) is 6.42 Å². The van der Waals surface area contributed by atoms with E-state index < -0.39 is 0 Å². The zero-order chi connectivity index (χ0) is 12.0. The topological polar surface area (TPSA) is 20.3 Å². The van der Waals surface area contributed by atoms with Gasteiger partial charge in [0.2, 0.25) is 0 Å². The molecule has 1 atom stereocenters. The van der Waals surface area contributed by atoms with E-state index in [9.17, 15) is 4.79 Å². The van der Waals surface area contributed by atoms with Gasteiger partial charge in [0, 0.05) is 19.5 Å². The summed E-state index contributed by atoms with van der Waals surface area (Å²) in [6.07, 6.45) is 6.13. The molecule has 1 aliphatic rings. The third-order valence-corrected chi connectivity index (χ3v) is 3.42. The second kappa shape index (κ2) is 8.71. The lowest BCUT2D eigenvalue weighted by Crippen LogP contribution is -2.31. The first-order valence-electron chi connectivity index (χ1n) is 6.61. The van der Waals surface area contributed by atoms with Crippen LogP contribution in [0.4, 0.5) is 0 Å². The Kier molecular flexibility index (Phi) is 8.53. The van der Waals surface area contributed by atoms with E-state index in [1.807, 2.05) is 0 Å². The highest BCUT2D eigenvalue weighted by atomic mass is 35.5. The maximum Gasteiger partial charge on any atom is 0.158 e. The predicted molar refractivity (Wildman–Crippen MR) is 75.8 cm³/mol. The molecule has 0 fully saturated rings. The molecule has 0 aromatic carbocycles. The lowest BCUT2D eigenvalue weighted by atomic mass is 9.94. The van der Waals surface area contributed by atoms with Crippen LogP contribution >= 0.6 is 12.4 Å². The summed E-state index contributed by atoms with van der Waals surface area (Å²) in [5.74, 6) is 0.910. The van der Waals surface area contributed by atoms with Crippen molar-refractivity contribution in [2.45, 2.75) is 46.5 Å². The molecular weight excluding hydrogens is 234 g/mol. The Bertz CT molecular complexity index is 263. The fraction of sp³-hybridized carbons (Fsp3) is 0.786. The largest absolute Gasteiger partial charge is 0.299 e. The van der Waals surface area contributed by atoms with E-state index >= 15 is 0 Å². The number of carbonyl (C=O) groups excluding carboxylic acids is 1. The number of nitrogens with zero attached hydrogens (tertiary/aromatic N) is 1. The van der Waals surface area contributed by atoms with Gasteiger partial charge >= 0.3 is 0 Å². The molecule has 0 bridgehead atoms. The highest BCUT2D eigenvalue weighted by Crippen LogP contribution is 2.17. The third kappa shape index (κ3) is 5.69. The zero-order valence-corrected chi connectivity index (χ0v) is 12.2. The zero-order valence-electron chi connectivity index (χ0n) is 11.4. The summed E-state index contributed by atoms with van der Waals surface area (Å²) in [5.41, 5.74) is 1.08. The van der Waals surface area contributed by atoms with Crippen LogP contribution in [0.3, 0.4) is 0 Å². The molecule has 0 saturated carbocycles. The molecule has 1 rings (SSSR count). The Hall–Kier alpha value is -0.340. The molecular formula is C14H26ClNO. The lowest BCUT2D eigenvalue weighted by Gasteiger charge is -2.25. The highest BCUT2D eigenvalue weighted by molar-refractivity contribution is 5.95. The van der Waals surface area contributed by atoms with E-state index in [4.69, 9.17) is 0 Å². The van der Waals surface area contributed by atoms with E-state index in [0.29, 0.717) is 11.7 Å². The van der Waals surface area contributed by atoms with Crippen LogP contribution in [0, 0.1) is 5.92 Å². The summed E-state index contributed by atoms with van der Waals surface area (Å²) in [7, 11) is 0. The normalized spacial score (nSPS) is 18.2. The predicted octanol–water partition coefficient (Wildman–Crippen LogP) is 3.46. The molecule has 3 heteroatoms. The highest BCUT2D eigenvalue weighted by Gasteiger charge is 2.17. The van der Waals surface area contributed by atoms with E-state index in [0.717, 1.165) is 44.5 Å². The van der Waals surface area contributed by atoms with E-state index in [-0.39, 0.29) is 12.4 Å². The summed E-state index contributed by atoms with van der Waals surface area (Å²) < 4.78 is 0. The van der Waals surface area contributed by atoms with Crippen LogP contribution in [0.2, 0.25) is 0 Å². The van der Waals surface area contributed by atoms with Crippen molar-refractivity contribution >= 4 is 18.2 Å². The van der Waals surface area contributed by atoms with E-state index in [2.05, 4.69) is 31.7 Å². The van der Waals surface area contributed by atoms with Gasteiger partial charge in [0.05, 0.1) is 0 Å². The molecule has 0 aromatic heterocycles. The van der Waals surface area contributed by atoms with Crippen LogP contribution in [0.5, 0.6) is 0 Å². The van der Waals surface area contributed by atoms with Gasteiger partial charge in [-0.15, -0.1) is 12.4 Å². The summed E-state index contributed by atoms with van der Waals surface area (Å²) in [4.78, 5) is 14.4. The van der Waals surface area contributed by atoms with E-state index in [1.54, 1.807) is 0 Å². The number of hydrogen-bond donors (Lipinski definition) is 0. The molecule has 0 N–H and O–H groups in total. The Morgan fingerprint density at radius 2 is 2.18 bits per heavy atom. The van der Waals surface area contributed by atoms with Gasteiger partial charge in [0.1, 0.15) is 0 Å². The van der Waals surface area contributed by atoms with Gasteiger partial charge in [-0.25, -0.2) is 0 Å². The molecule has 17 heavy (non-hydrogen) atoms. The Morgan fingerprint density at radius 3 is 2.65 bits per heavy atom. The van der Waals surface area contributed by atoms with Crippen molar-refractivity contribution in [3.05, 3.63) is 11.6 Å². The summed E-state index contributed by atoms with van der Waals surface area (Å²) in [6, 6.07) is 0. The summed E-state index contributed by atoms with van der Waals surface area (Å²) in [6.45, 7) is 9.69. The monoisotopic (exact) mass is 259 g/mol. The maximum absolute atomic E-state index is 11.9. The Balaban J connectivity index is 0.00000256. The average molecular weight is 260 g/mol. The fourth-order valence-electron chi connectivity index (χ4n) is 2.08. The van der Waals surface area contributed by atoms with Crippen molar-refractivity contribution in [1.82, 2.24) is 4.90 Å². The minimum atomic E-state index is 0. The van der Waals surface area contributed by atoms with Gasteiger partial charge in [-0.3, -0.25) is 9.69 Å². The smallest absolute Gasteiger partial charge is 0.158 e. The van der Waals surface area contributed by atoms with Crippen LogP contribution in [0.1, 0.15) is 46.5 Å². The quantitative estimate of drug-likeness (QED) is 0.728. The van der Waals surface area contributed by atoms with Crippen molar-refractivity contribution in [3.8, 4) is 0 Å². The Labute approximate surface area is 112 Å². The summed E-state index contributed by atoms with van der Waals surface area (Å²) >= 11 is 0. The molecule has 2 nitrogen and oxygen atoms in total. The van der Waals surface area contributed by atoms with Crippen LogP contribution < -0.4 is 0 Å². The number of rotatable bonds is 6. The first-order chi connectivity index (χ1) is 7.67. The van der Waals surface area contributed by atoms with Crippen LogP contribution in [0.15, 0.2) is 11.6 Å². The molecule has 0 aliphatic carbocycles. The SMILES string of the molecule is CCCN1CC=C(C(=O)CC(C)CC)CC1.Cl. The average Bonchev–Trinajstić information content (AvgIpc) is 2.30. The Morgan fingerprint density at radius 1 is 1.47 bits per heavy atom. The number of halogens is 1. The standard InChI is InChI=1S/C14H25NO.ClH/c1-4-8-15-9-6-13(7-10-15)14(16)11-12(3)5-2;/h6,12H,4-5,7-11H2,1-3H3;1H. The summed E-state index contributed by atoms with van der Waals surface area (Å²) in [5, 5.41) is 0. The number of ketones is 1. The van der Waals surface area contributed by atoms with Crippen molar-refractivity contribution in [2.75, 3.05) is 19.6 Å². The first-order valence-corrected chi connectivity index (χ1v) is 6.61. The van der Waals surface area contributed by atoms with Gasteiger partial charge in [-0.1, -0.05) is 33.3 Å². The van der Waals surface area contributed by atoms with Gasteiger partial charge in [-0.05, 0) is 30.9 Å². The number of carbonyl (C=O) groups is 1. The van der Waals surface area contributed by atoms with Crippen molar-refractivity contribution in [3.63, 3.8) is 0 Å². The number of Topliss-reactive ketones (excluding diaryl/α,β-unsaturated/α-hetero) is 1. The van der Waals surface area contributed by atoms with Gasteiger partial charge in [0.15, 0.2) is 5.78 Å². The molecule has 0 radical (unpaired) electrons. The van der Waals surface area contributed by atoms with Gasteiger partial charge < -0.3 is 0 Å². The maximum atomic E-state index is 11.9. The second-order valence-electron chi connectivity index (χ2n) is 4.92. The fourth-order valence-corrected chi connectivity index (χ4v) is 2.08. The molecule has 0 spiro atoms. The lowest BCUT2D eigenvalue weighted by molar-refractivity contribution is -0.116. The molecule has 0 amide bonds. The third-order valence-electron chi connectivity index (χ3n) is 3.42. The van der Waals surface area contributed by atoms with Crippen molar-refractivity contribution in [1.29, 1.82) is 0 Å². The van der Waals surface area contributed by atoms with Crippen molar-refractivity contribution in [2.24, 2.45) is 5.92 Å². The van der Waals surface area contributed by atoms with Crippen LogP contribution in [-0.2, 0) is 4.79 Å². The van der Waals surface area contributed by atoms with Crippen LogP contribution in [-0.4, -0.2) is 30.3 Å². The molecule has 1 unspecified atom stereocenters. The van der Waals surface area contributed by atoms with Gasteiger partial charge in [-0.2, -0.15) is 0 Å². The van der Waals surface area contributed by atoms with Crippen molar-refractivity contribution < 1.29 is 4.79 Å². The second-order valence-corrected chi connectivity index (χ2v) is 4.92. The van der Waals surface area contributed by atoms with Gasteiger partial charge in [0.25, 0.3) is 0 Å². The molecule has 100 valence electrons. The molecule has 1 heterocycles. The number of hydrogen-bond acceptors (Lipinski definition) is 2. The molecule has 0 aromatic rings. The molecule has 0 saturated heterocycles. The van der Waals surface area contributed by atoms with Crippen LogP contribution in [0.25, 0.3) is 0 Å². The first kappa shape index (κ1) is 16.7. The minimum Gasteiger partial charge on any atom is -0.299 e. The molecule has 1 aliphatic heterocycles.